The van der Waals surface area contributed by atoms with Crippen LogP contribution in [0.25, 0.3) is 0 Å². The highest BCUT2D eigenvalue weighted by Gasteiger charge is 2.28. The van der Waals surface area contributed by atoms with Gasteiger partial charge in [0.15, 0.2) is 0 Å². The van der Waals surface area contributed by atoms with Crippen LogP contribution < -0.4 is 0 Å². The first-order valence-electron chi connectivity index (χ1n) is 4.04. The van der Waals surface area contributed by atoms with Crippen LogP contribution in [0.15, 0.2) is 30.3 Å². The second-order valence-corrected chi connectivity index (χ2v) is 3.14. The van der Waals surface area contributed by atoms with Gasteiger partial charge in [-0.15, -0.1) is 0 Å². The van der Waals surface area contributed by atoms with Gasteiger partial charge in [-0.1, -0.05) is 37.3 Å². The molecule has 0 radical (unpaired) electrons. The molecule has 58 valence electrons. The number of hydrogen-bond donors (Lipinski definition) is 0. The number of benzene rings is 1. The zero-order valence-corrected chi connectivity index (χ0v) is 6.66. The highest BCUT2D eigenvalue weighted by molar-refractivity contribution is 5.19. The van der Waals surface area contributed by atoms with Crippen LogP contribution in [0.1, 0.15) is 18.6 Å². The fraction of sp³-hybridized carbons (Fsp3) is 0.400. The molecule has 1 fully saturated rings. The van der Waals surface area contributed by atoms with Gasteiger partial charge in [0.2, 0.25) is 0 Å². The SMILES string of the molecule is C[C@H]1CO[C@H]1c1ccccc1. The summed E-state index contributed by atoms with van der Waals surface area (Å²) in [7, 11) is 0. The Kier molecular flexibility index (Phi) is 1.66. The van der Waals surface area contributed by atoms with Gasteiger partial charge in [0.1, 0.15) is 0 Å². The average Bonchev–Trinajstić information content (AvgIpc) is 2.04. The molecule has 0 amide bonds. The van der Waals surface area contributed by atoms with Gasteiger partial charge < -0.3 is 4.74 Å². The monoisotopic (exact) mass is 148 g/mol. The molecule has 0 unspecified atom stereocenters. The first-order chi connectivity index (χ1) is 5.38. The van der Waals surface area contributed by atoms with Gasteiger partial charge >= 0.3 is 0 Å². The predicted molar refractivity (Wildman–Crippen MR) is 44.3 cm³/mol. The van der Waals surface area contributed by atoms with Crippen LogP contribution in [0.3, 0.4) is 0 Å². The smallest absolute Gasteiger partial charge is 0.0872 e. The predicted octanol–water partition coefficient (Wildman–Crippen LogP) is 2.39. The summed E-state index contributed by atoms with van der Waals surface area (Å²) < 4.78 is 5.43. The van der Waals surface area contributed by atoms with E-state index in [4.69, 9.17) is 4.74 Å². The molecule has 1 saturated heterocycles. The van der Waals surface area contributed by atoms with Crippen LogP contribution in [-0.2, 0) is 4.74 Å². The van der Waals surface area contributed by atoms with Gasteiger partial charge in [0.05, 0.1) is 12.7 Å². The average molecular weight is 148 g/mol. The van der Waals surface area contributed by atoms with E-state index in [1.54, 1.807) is 0 Å². The van der Waals surface area contributed by atoms with E-state index in [2.05, 4.69) is 31.2 Å². The zero-order valence-electron chi connectivity index (χ0n) is 6.66. The van der Waals surface area contributed by atoms with Crippen molar-refractivity contribution in [3.63, 3.8) is 0 Å². The molecule has 2 atom stereocenters. The van der Waals surface area contributed by atoms with Crippen LogP contribution in [0.4, 0.5) is 0 Å². The first-order valence-corrected chi connectivity index (χ1v) is 4.04. The van der Waals surface area contributed by atoms with Crippen molar-refractivity contribution >= 4 is 0 Å². The summed E-state index contributed by atoms with van der Waals surface area (Å²) in [6, 6.07) is 10.4. The number of hydrogen-bond acceptors (Lipinski definition) is 1. The van der Waals surface area contributed by atoms with Crippen molar-refractivity contribution in [1.82, 2.24) is 0 Å². The van der Waals surface area contributed by atoms with Crippen molar-refractivity contribution < 1.29 is 4.74 Å². The summed E-state index contributed by atoms with van der Waals surface area (Å²) in [5.41, 5.74) is 1.31. The Labute approximate surface area is 67.0 Å². The minimum atomic E-state index is 0.358. The summed E-state index contributed by atoms with van der Waals surface area (Å²) in [6.45, 7) is 3.14. The first kappa shape index (κ1) is 6.86. The third-order valence-electron chi connectivity index (χ3n) is 2.18. The molecule has 0 bridgehead atoms. The van der Waals surface area contributed by atoms with Crippen LogP contribution in [-0.4, -0.2) is 6.61 Å². The van der Waals surface area contributed by atoms with E-state index in [0.29, 0.717) is 12.0 Å². The van der Waals surface area contributed by atoms with E-state index in [0.717, 1.165) is 6.61 Å². The molecule has 1 heterocycles. The maximum Gasteiger partial charge on any atom is 0.0872 e. The molecular weight excluding hydrogens is 136 g/mol. The number of rotatable bonds is 1. The summed E-state index contributed by atoms with van der Waals surface area (Å²) in [5.74, 6) is 0.692. The topological polar surface area (TPSA) is 9.23 Å². The van der Waals surface area contributed by atoms with Crippen molar-refractivity contribution in [2.75, 3.05) is 6.61 Å². The third-order valence-corrected chi connectivity index (χ3v) is 2.18. The van der Waals surface area contributed by atoms with E-state index in [-0.39, 0.29) is 0 Å². The van der Waals surface area contributed by atoms with Crippen LogP contribution in [0, 0.1) is 5.92 Å². The summed E-state index contributed by atoms with van der Waals surface area (Å²) >= 11 is 0. The summed E-state index contributed by atoms with van der Waals surface area (Å²) in [6.07, 6.45) is 0.358. The Morgan fingerprint density at radius 1 is 1.27 bits per heavy atom. The van der Waals surface area contributed by atoms with Crippen LogP contribution in [0.5, 0.6) is 0 Å². The standard InChI is InChI=1S/C10H12O/c1-8-7-11-10(8)9-5-3-2-4-6-9/h2-6,8,10H,7H2,1H3/t8-,10+/m0/s1. The Morgan fingerprint density at radius 3 is 2.45 bits per heavy atom. The molecule has 0 N–H and O–H groups in total. The molecule has 1 aliphatic heterocycles. The van der Waals surface area contributed by atoms with E-state index in [9.17, 15) is 0 Å². The van der Waals surface area contributed by atoms with Gasteiger partial charge in [-0.3, -0.25) is 0 Å². The highest BCUT2D eigenvalue weighted by Crippen LogP contribution is 2.34. The Balaban J connectivity index is 2.17. The van der Waals surface area contributed by atoms with Gasteiger partial charge in [0.25, 0.3) is 0 Å². The molecule has 0 aromatic heterocycles. The maximum absolute atomic E-state index is 5.43. The molecule has 0 aliphatic carbocycles. The van der Waals surface area contributed by atoms with Crippen molar-refractivity contribution in [2.45, 2.75) is 13.0 Å². The molecular formula is C10H12O. The van der Waals surface area contributed by atoms with Crippen molar-refractivity contribution in [1.29, 1.82) is 0 Å². The normalized spacial score (nSPS) is 29.5. The number of ether oxygens (including phenoxy) is 1. The van der Waals surface area contributed by atoms with Crippen molar-refractivity contribution in [3.05, 3.63) is 35.9 Å². The van der Waals surface area contributed by atoms with Gasteiger partial charge in [-0.25, -0.2) is 0 Å². The van der Waals surface area contributed by atoms with E-state index in [1.807, 2.05) is 6.07 Å². The molecule has 0 spiro atoms. The van der Waals surface area contributed by atoms with Gasteiger partial charge in [-0.05, 0) is 5.56 Å². The summed E-state index contributed by atoms with van der Waals surface area (Å²) in [4.78, 5) is 0. The lowest BCUT2D eigenvalue weighted by atomic mass is 9.93. The van der Waals surface area contributed by atoms with Gasteiger partial charge in [0, 0.05) is 5.92 Å². The quantitative estimate of drug-likeness (QED) is 0.594. The minimum Gasteiger partial charge on any atom is -0.373 e. The largest absolute Gasteiger partial charge is 0.373 e. The molecule has 11 heavy (non-hydrogen) atoms. The minimum absolute atomic E-state index is 0.358. The molecule has 2 rings (SSSR count). The third kappa shape index (κ3) is 1.16. The molecule has 1 nitrogen and oxygen atoms in total. The second kappa shape index (κ2) is 2.67. The molecule has 1 aliphatic rings. The fourth-order valence-electron chi connectivity index (χ4n) is 1.45. The lowest BCUT2D eigenvalue weighted by molar-refractivity contribution is -0.109. The molecule has 1 aromatic carbocycles. The molecule has 1 aromatic rings. The van der Waals surface area contributed by atoms with Crippen molar-refractivity contribution in [3.8, 4) is 0 Å². The lowest BCUT2D eigenvalue weighted by Crippen LogP contribution is -2.29. The molecule has 0 saturated carbocycles. The fourth-order valence-corrected chi connectivity index (χ4v) is 1.45. The molecule has 1 heteroatoms. The Hall–Kier alpha value is -0.820. The Bertz CT molecular complexity index is 230. The lowest BCUT2D eigenvalue weighted by Gasteiger charge is -2.34. The maximum atomic E-state index is 5.43. The van der Waals surface area contributed by atoms with Crippen LogP contribution >= 0.6 is 0 Å². The Morgan fingerprint density at radius 2 is 2.00 bits per heavy atom. The second-order valence-electron chi connectivity index (χ2n) is 3.14. The van der Waals surface area contributed by atoms with Crippen LogP contribution in [0.2, 0.25) is 0 Å². The van der Waals surface area contributed by atoms with E-state index < -0.39 is 0 Å². The van der Waals surface area contributed by atoms with Crippen molar-refractivity contribution in [2.24, 2.45) is 5.92 Å². The van der Waals surface area contributed by atoms with E-state index in [1.165, 1.54) is 5.56 Å². The summed E-state index contributed by atoms with van der Waals surface area (Å²) in [5, 5.41) is 0. The highest BCUT2D eigenvalue weighted by atomic mass is 16.5. The zero-order chi connectivity index (χ0) is 7.68. The van der Waals surface area contributed by atoms with E-state index >= 15 is 0 Å². The van der Waals surface area contributed by atoms with Gasteiger partial charge in [-0.2, -0.15) is 0 Å².